The van der Waals surface area contributed by atoms with E-state index in [2.05, 4.69) is 43.0 Å². The lowest BCUT2D eigenvalue weighted by atomic mass is 10.1. The molecule has 0 unspecified atom stereocenters. The lowest BCUT2D eigenvalue weighted by Gasteiger charge is -2.10. The van der Waals surface area contributed by atoms with Crippen molar-refractivity contribution in [2.45, 2.75) is 53.4 Å². The van der Waals surface area contributed by atoms with Crippen molar-refractivity contribution in [2.24, 2.45) is 0 Å². The van der Waals surface area contributed by atoms with E-state index in [0.29, 0.717) is 0 Å². The molecule has 0 aliphatic heterocycles. The third kappa shape index (κ3) is 4.43. The maximum absolute atomic E-state index is 4.59. The standard InChI is InChI=1S/C14H25N3/c1-5-8-14-16-11(3)13(12(4)17-14)9-7-10-15-6-2/h15H,5-10H2,1-4H3. The largest absolute Gasteiger partial charge is 0.317 e. The summed E-state index contributed by atoms with van der Waals surface area (Å²) in [6.45, 7) is 10.6. The Morgan fingerprint density at radius 3 is 2.18 bits per heavy atom. The number of nitrogens with one attached hydrogen (secondary N) is 1. The molecule has 0 aromatic carbocycles. The van der Waals surface area contributed by atoms with Gasteiger partial charge in [0.1, 0.15) is 5.82 Å². The van der Waals surface area contributed by atoms with Crippen molar-refractivity contribution in [1.29, 1.82) is 0 Å². The van der Waals surface area contributed by atoms with E-state index in [1.807, 2.05) is 0 Å². The maximum atomic E-state index is 4.59. The Labute approximate surface area is 105 Å². The fourth-order valence-electron chi connectivity index (χ4n) is 2.07. The van der Waals surface area contributed by atoms with E-state index in [0.717, 1.165) is 56.0 Å². The minimum Gasteiger partial charge on any atom is -0.317 e. The Morgan fingerprint density at radius 1 is 1.00 bits per heavy atom. The van der Waals surface area contributed by atoms with Gasteiger partial charge in [0.2, 0.25) is 0 Å². The Kier molecular flexibility index (Phi) is 6.12. The monoisotopic (exact) mass is 235 g/mol. The van der Waals surface area contributed by atoms with Crippen molar-refractivity contribution in [3.05, 3.63) is 22.8 Å². The molecule has 1 heterocycles. The summed E-state index contributed by atoms with van der Waals surface area (Å²) < 4.78 is 0. The SMILES string of the molecule is CCCc1nc(C)c(CCCNCC)c(C)n1. The zero-order valence-corrected chi connectivity index (χ0v) is 11.6. The predicted octanol–water partition coefficient (Wildman–Crippen LogP) is 2.59. The molecule has 1 rings (SSSR count). The molecule has 0 saturated heterocycles. The molecular weight excluding hydrogens is 210 g/mol. The Hall–Kier alpha value is -0.960. The number of hydrogen-bond acceptors (Lipinski definition) is 3. The van der Waals surface area contributed by atoms with Crippen molar-refractivity contribution < 1.29 is 0 Å². The molecule has 3 nitrogen and oxygen atoms in total. The molecule has 0 radical (unpaired) electrons. The fraction of sp³-hybridized carbons (Fsp3) is 0.714. The van der Waals surface area contributed by atoms with Crippen molar-refractivity contribution in [3.8, 4) is 0 Å². The molecule has 1 N–H and O–H groups in total. The van der Waals surface area contributed by atoms with Crippen LogP contribution in [0.1, 0.15) is 49.5 Å². The summed E-state index contributed by atoms with van der Waals surface area (Å²) >= 11 is 0. The first-order valence-corrected chi connectivity index (χ1v) is 6.72. The van der Waals surface area contributed by atoms with E-state index >= 15 is 0 Å². The Morgan fingerprint density at radius 2 is 1.65 bits per heavy atom. The van der Waals surface area contributed by atoms with Crippen LogP contribution in [0.5, 0.6) is 0 Å². The summed E-state index contributed by atoms with van der Waals surface area (Å²) in [6.07, 6.45) is 4.33. The Bertz CT molecular complexity index is 324. The molecule has 0 bridgehead atoms. The zero-order chi connectivity index (χ0) is 12.7. The topological polar surface area (TPSA) is 37.8 Å². The van der Waals surface area contributed by atoms with Crippen LogP contribution in [0.3, 0.4) is 0 Å². The molecule has 0 saturated carbocycles. The Balaban J connectivity index is 2.65. The number of hydrogen-bond donors (Lipinski definition) is 1. The quantitative estimate of drug-likeness (QED) is 0.738. The summed E-state index contributed by atoms with van der Waals surface area (Å²) in [4.78, 5) is 9.18. The van der Waals surface area contributed by atoms with Crippen LogP contribution in [0.2, 0.25) is 0 Å². The van der Waals surface area contributed by atoms with Gasteiger partial charge in [-0.3, -0.25) is 0 Å². The van der Waals surface area contributed by atoms with Gasteiger partial charge in [0.25, 0.3) is 0 Å². The first-order chi connectivity index (χ1) is 8.19. The van der Waals surface area contributed by atoms with Gasteiger partial charge in [0.15, 0.2) is 0 Å². The second kappa shape index (κ2) is 7.38. The zero-order valence-electron chi connectivity index (χ0n) is 11.6. The fourth-order valence-corrected chi connectivity index (χ4v) is 2.07. The first kappa shape index (κ1) is 14.1. The molecule has 0 aliphatic carbocycles. The lowest BCUT2D eigenvalue weighted by Crippen LogP contribution is -2.15. The molecule has 0 fully saturated rings. The minimum atomic E-state index is 0.985. The molecule has 1 aromatic rings. The van der Waals surface area contributed by atoms with Gasteiger partial charge in [-0.25, -0.2) is 9.97 Å². The third-order valence-electron chi connectivity index (χ3n) is 2.97. The van der Waals surface area contributed by atoms with Crippen LogP contribution < -0.4 is 5.32 Å². The van der Waals surface area contributed by atoms with Gasteiger partial charge >= 0.3 is 0 Å². The van der Waals surface area contributed by atoms with Gasteiger partial charge in [-0.2, -0.15) is 0 Å². The smallest absolute Gasteiger partial charge is 0.128 e. The highest BCUT2D eigenvalue weighted by Crippen LogP contribution is 2.13. The summed E-state index contributed by atoms with van der Waals surface area (Å²) in [5.41, 5.74) is 3.66. The second-order valence-electron chi connectivity index (χ2n) is 4.50. The van der Waals surface area contributed by atoms with Gasteiger partial charge in [0, 0.05) is 17.8 Å². The molecule has 0 amide bonds. The van der Waals surface area contributed by atoms with E-state index in [4.69, 9.17) is 0 Å². The second-order valence-corrected chi connectivity index (χ2v) is 4.50. The highest BCUT2D eigenvalue weighted by molar-refractivity contribution is 5.24. The van der Waals surface area contributed by atoms with E-state index in [1.54, 1.807) is 0 Å². The summed E-state index contributed by atoms with van der Waals surface area (Å²) in [5.74, 6) is 0.998. The van der Waals surface area contributed by atoms with Crippen LogP contribution in [0.4, 0.5) is 0 Å². The van der Waals surface area contributed by atoms with Crippen LogP contribution in [0, 0.1) is 13.8 Å². The molecular formula is C14H25N3. The van der Waals surface area contributed by atoms with Crippen molar-refractivity contribution >= 4 is 0 Å². The number of aromatic nitrogens is 2. The summed E-state index contributed by atoms with van der Waals surface area (Å²) in [5, 5.41) is 3.35. The van der Waals surface area contributed by atoms with Gasteiger partial charge in [-0.05, 0) is 51.8 Å². The van der Waals surface area contributed by atoms with Crippen LogP contribution in [0.25, 0.3) is 0 Å². The van der Waals surface area contributed by atoms with Crippen LogP contribution in [-0.2, 0) is 12.8 Å². The molecule has 0 spiro atoms. The lowest BCUT2D eigenvalue weighted by molar-refractivity contribution is 0.665. The molecule has 3 heteroatoms. The number of rotatable bonds is 7. The molecule has 17 heavy (non-hydrogen) atoms. The van der Waals surface area contributed by atoms with E-state index in [-0.39, 0.29) is 0 Å². The minimum absolute atomic E-state index is 0.985. The van der Waals surface area contributed by atoms with Crippen LogP contribution in [0.15, 0.2) is 0 Å². The normalized spacial score (nSPS) is 10.8. The molecule has 1 aromatic heterocycles. The molecule has 0 aliphatic rings. The third-order valence-corrected chi connectivity index (χ3v) is 2.97. The van der Waals surface area contributed by atoms with Gasteiger partial charge in [0.05, 0.1) is 0 Å². The average Bonchev–Trinajstić information content (AvgIpc) is 2.27. The van der Waals surface area contributed by atoms with Crippen molar-refractivity contribution in [3.63, 3.8) is 0 Å². The van der Waals surface area contributed by atoms with Crippen molar-refractivity contribution in [2.75, 3.05) is 13.1 Å². The van der Waals surface area contributed by atoms with Gasteiger partial charge in [-0.15, -0.1) is 0 Å². The van der Waals surface area contributed by atoms with E-state index in [1.165, 1.54) is 5.56 Å². The van der Waals surface area contributed by atoms with Gasteiger partial charge in [-0.1, -0.05) is 13.8 Å². The summed E-state index contributed by atoms with van der Waals surface area (Å²) in [6, 6.07) is 0. The van der Waals surface area contributed by atoms with Crippen molar-refractivity contribution in [1.82, 2.24) is 15.3 Å². The maximum Gasteiger partial charge on any atom is 0.128 e. The highest BCUT2D eigenvalue weighted by atomic mass is 14.9. The van der Waals surface area contributed by atoms with Crippen LogP contribution >= 0.6 is 0 Å². The van der Waals surface area contributed by atoms with Gasteiger partial charge < -0.3 is 5.32 Å². The average molecular weight is 235 g/mol. The molecule has 96 valence electrons. The molecule has 0 atom stereocenters. The predicted molar refractivity (Wildman–Crippen MR) is 72.4 cm³/mol. The van der Waals surface area contributed by atoms with Crippen LogP contribution in [-0.4, -0.2) is 23.1 Å². The number of aryl methyl sites for hydroxylation is 3. The highest BCUT2D eigenvalue weighted by Gasteiger charge is 2.07. The summed E-state index contributed by atoms with van der Waals surface area (Å²) in [7, 11) is 0. The van der Waals surface area contributed by atoms with E-state index in [9.17, 15) is 0 Å². The van der Waals surface area contributed by atoms with E-state index < -0.39 is 0 Å². The number of nitrogens with zero attached hydrogens (tertiary/aromatic N) is 2. The first-order valence-electron chi connectivity index (χ1n) is 6.72.